The molecule has 0 unspecified atom stereocenters. The number of para-hydroxylation sites is 1. The number of rotatable bonds is 7. The van der Waals surface area contributed by atoms with Crippen molar-refractivity contribution < 1.29 is 23.9 Å². The van der Waals surface area contributed by atoms with E-state index in [-0.39, 0.29) is 27.9 Å². The molecule has 0 spiro atoms. The lowest BCUT2D eigenvalue weighted by atomic mass is 10.1. The summed E-state index contributed by atoms with van der Waals surface area (Å²) < 4.78 is 11.7. The monoisotopic (exact) mass is 482 g/mol. The first-order chi connectivity index (χ1) is 14.7. The molecule has 3 N–H and O–H groups in total. The van der Waals surface area contributed by atoms with Crippen LogP contribution in [0.5, 0.6) is 5.75 Å². The van der Waals surface area contributed by atoms with E-state index in [2.05, 4.69) is 10.4 Å². The number of aromatic nitrogens is 2. The number of nitrogens with two attached hydrogens (primary N) is 1. The number of ether oxygens (including phenoxy) is 2. The molecular weight excluding hydrogens is 467 g/mol. The number of halogens is 2. The van der Waals surface area contributed by atoms with Gasteiger partial charge in [0.15, 0.2) is 18.2 Å². The van der Waals surface area contributed by atoms with Crippen LogP contribution < -0.4 is 15.8 Å². The Kier molecular flexibility index (Phi) is 6.84. The normalized spacial score (nSPS) is 10.6. The molecule has 0 radical (unpaired) electrons. The molecule has 162 valence electrons. The van der Waals surface area contributed by atoms with E-state index in [0.717, 1.165) is 11.3 Å². The largest absolute Gasteiger partial charge is 0.468 e. The van der Waals surface area contributed by atoms with Gasteiger partial charge in [-0.05, 0) is 30.7 Å². The molecule has 0 atom stereocenters. The number of esters is 1. The number of thiophene rings is 1. The quantitative estimate of drug-likeness (QED) is 0.494. The molecule has 2 aromatic heterocycles. The molecule has 3 aromatic rings. The van der Waals surface area contributed by atoms with Crippen molar-refractivity contribution in [3.63, 3.8) is 0 Å². The summed E-state index contributed by atoms with van der Waals surface area (Å²) in [5.41, 5.74) is 5.79. The van der Waals surface area contributed by atoms with E-state index in [1.165, 1.54) is 24.1 Å². The predicted molar refractivity (Wildman–Crippen MR) is 116 cm³/mol. The number of nitrogens with zero attached hydrogens (tertiary/aromatic N) is 2. The fraction of sp³-hybridized carbons (Fsp3) is 0.158. The highest BCUT2D eigenvalue weighted by Crippen LogP contribution is 2.34. The van der Waals surface area contributed by atoms with Crippen molar-refractivity contribution in [1.82, 2.24) is 9.78 Å². The molecule has 0 bridgehead atoms. The summed E-state index contributed by atoms with van der Waals surface area (Å²) in [6.45, 7) is 1.50. The zero-order chi connectivity index (χ0) is 22.7. The highest BCUT2D eigenvalue weighted by molar-refractivity contribution is 7.18. The average molecular weight is 483 g/mol. The lowest BCUT2D eigenvalue weighted by Crippen LogP contribution is -2.16. The molecule has 0 aliphatic heterocycles. The Bertz CT molecular complexity index is 1150. The number of benzene rings is 1. The summed E-state index contributed by atoms with van der Waals surface area (Å²) in [5.74, 6) is -1.72. The van der Waals surface area contributed by atoms with Crippen molar-refractivity contribution in [2.75, 3.05) is 12.4 Å². The molecule has 3 rings (SSSR count). The van der Waals surface area contributed by atoms with Gasteiger partial charge in [0, 0.05) is 6.20 Å². The summed E-state index contributed by atoms with van der Waals surface area (Å²) >= 11 is 13.0. The average Bonchev–Trinajstić information content (AvgIpc) is 3.32. The Balaban J connectivity index is 1.77. The molecule has 0 saturated heterocycles. The first-order valence-electron chi connectivity index (χ1n) is 8.66. The third-order valence-electron chi connectivity index (χ3n) is 4.12. The van der Waals surface area contributed by atoms with Crippen molar-refractivity contribution in [2.24, 2.45) is 5.73 Å². The number of hydrogen-bond acceptors (Lipinski definition) is 7. The summed E-state index contributed by atoms with van der Waals surface area (Å²) in [5, 5.41) is 7.52. The summed E-state index contributed by atoms with van der Waals surface area (Å²) in [6, 6.07) is 6.41. The summed E-state index contributed by atoms with van der Waals surface area (Å²) in [7, 11) is 1.20. The van der Waals surface area contributed by atoms with E-state index < -0.39 is 17.8 Å². The number of primary amides is 1. The lowest BCUT2D eigenvalue weighted by Gasteiger charge is -2.09. The number of carbonyl (C=O) groups excluding carboxylic acids is 3. The van der Waals surface area contributed by atoms with E-state index in [9.17, 15) is 14.4 Å². The SMILES string of the molecule is COC(=O)c1c(NC(=O)c2ccn(COc3c(Cl)cccc3Cl)n2)sc(C(N)=O)c1C. The molecule has 1 aromatic carbocycles. The fourth-order valence-corrected chi connectivity index (χ4v) is 4.21. The van der Waals surface area contributed by atoms with E-state index in [1.54, 1.807) is 25.1 Å². The minimum absolute atomic E-state index is 0.0475. The van der Waals surface area contributed by atoms with Crippen LogP contribution in [0.15, 0.2) is 30.5 Å². The van der Waals surface area contributed by atoms with Crippen LogP contribution in [0.2, 0.25) is 10.0 Å². The first-order valence-corrected chi connectivity index (χ1v) is 10.2. The van der Waals surface area contributed by atoms with Gasteiger partial charge in [0.1, 0.15) is 5.00 Å². The third-order valence-corrected chi connectivity index (χ3v) is 5.94. The zero-order valence-corrected chi connectivity index (χ0v) is 18.6. The van der Waals surface area contributed by atoms with Crippen LogP contribution in [-0.2, 0) is 11.5 Å². The van der Waals surface area contributed by atoms with Crippen molar-refractivity contribution in [3.8, 4) is 5.75 Å². The molecule has 2 amide bonds. The lowest BCUT2D eigenvalue weighted by molar-refractivity contribution is 0.0601. The number of carbonyl (C=O) groups is 3. The molecule has 0 saturated carbocycles. The number of methoxy groups -OCH3 is 1. The predicted octanol–water partition coefficient (Wildman–Crippen LogP) is 3.73. The Morgan fingerprint density at radius 2 is 1.90 bits per heavy atom. The van der Waals surface area contributed by atoms with Gasteiger partial charge in [-0.25, -0.2) is 9.48 Å². The molecule has 12 heteroatoms. The van der Waals surface area contributed by atoms with Gasteiger partial charge in [-0.1, -0.05) is 29.3 Å². The van der Waals surface area contributed by atoms with E-state index >= 15 is 0 Å². The van der Waals surface area contributed by atoms with Crippen molar-refractivity contribution >= 4 is 57.3 Å². The van der Waals surface area contributed by atoms with E-state index in [4.69, 9.17) is 38.4 Å². The van der Waals surface area contributed by atoms with Crippen LogP contribution in [0.4, 0.5) is 5.00 Å². The highest BCUT2D eigenvalue weighted by atomic mass is 35.5. The number of hydrogen-bond donors (Lipinski definition) is 2. The Labute approximate surface area is 190 Å². The van der Waals surface area contributed by atoms with Gasteiger partial charge >= 0.3 is 5.97 Å². The number of nitrogens with one attached hydrogen (secondary N) is 1. The topological polar surface area (TPSA) is 126 Å². The minimum atomic E-state index is -0.715. The van der Waals surface area contributed by atoms with Gasteiger partial charge in [-0.2, -0.15) is 5.10 Å². The smallest absolute Gasteiger partial charge is 0.341 e. The molecule has 0 aliphatic rings. The van der Waals surface area contributed by atoms with Crippen LogP contribution in [0.25, 0.3) is 0 Å². The van der Waals surface area contributed by atoms with E-state index in [0.29, 0.717) is 21.4 Å². The van der Waals surface area contributed by atoms with Gasteiger partial charge in [0.2, 0.25) is 0 Å². The van der Waals surface area contributed by atoms with Crippen LogP contribution in [0.1, 0.15) is 36.1 Å². The summed E-state index contributed by atoms with van der Waals surface area (Å²) in [4.78, 5) is 36.5. The Hall–Kier alpha value is -3.08. The van der Waals surface area contributed by atoms with Gasteiger partial charge in [-0.15, -0.1) is 11.3 Å². The fourth-order valence-electron chi connectivity index (χ4n) is 2.66. The van der Waals surface area contributed by atoms with Gasteiger partial charge < -0.3 is 20.5 Å². The number of amides is 2. The Morgan fingerprint density at radius 3 is 2.52 bits per heavy atom. The third kappa shape index (κ3) is 4.82. The molecule has 9 nitrogen and oxygen atoms in total. The van der Waals surface area contributed by atoms with E-state index in [1.807, 2.05) is 0 Å². The summed E-state index contributed by atoms with van der Waals surface area (Å²) in [6.07, 6.45) is 1.52. The maximum absolute atomic E-state index is 12.6. The maximum atomic E-state index is 12.6. The molecule has 2 heterocycles. The second-order valence-electron chi connectivity index (χ2n) is 6.13. The second-order valence-corrected chi connectivity index (χ2v) is 7.97. The second kappa shape index (κ2) is 9.38. The Morgan fingerprint density at radius 1 is 1.23 bits per heavy atom. The van der Waals surface area contributed by atoms with Crippen LogP contribution >= 0.6 is 34.5 Å². The van der Waals surface area contributed by atoms with Crippen LogP contribution in [0, 0.1) is 6.92 Å². The van der Waals surface area contributed by atoms with Gasteiger partial charge in [0.05, 0.1) is 27.6 Å². The van der Waals surface area contributed by atoms with Gasteiger partial charge in [0.25, 0.3) is 11.8 Å². The molecule has 31 heavy (non-hydrogen) atoms. The minimum Gasteiger partial charge on any atom is -0.468 e. The van der Waals surface area contributed by atoms with Crippen molar-refractivity contribution in [1.29, 1.82) is 0 Å². The van der Waals surface area contributed by atoms with Crippen LogP contribution in [-0.4, -0.2) is 34.7 Å². The zero-order valence-electron chi connectivity index (χ0n) is 16.3. The molecule has 0 aliphatic carbocycles. The number of anilines is 1. The van der Waals surface area contributed by atoms with Crippen LogP contribution in [0.3, 0.4) is 0 Å². The standard InChI is InChI=1S/C19H16Cl2N4O5S/c1-9-13(19(28)29-2)18(31-15(9)16(22)26)23-17(27)12-6-7-25(24-12)8-30-14-10(20)4-3-5-11(14)21/h3-7H,8H2,1-2H3,(H2,22,26)(H,23,27). The molecule has 0 fully saturated rings. The van der Waals surface area contributed by atoms with Crippen molar-refractivity contribution in [2.45, 2.75) is 13.7 Å². The first kappa shape index (κ1) is 22.6. The maximum Gasteiger partial charge on any atom is 0.341 e. The highest BCUT2D eigenvalue weighted by Gasteiger charge is 2.26. The van der Waals surface area contributed by atoms with Crippen molar-refractivity contribution in [3.05, 3.63) is 62.2 Å². The van der Waals surface area contributed by atoms with Gasteiger partial charge in [-0.3, -0.25) is 9.59 Å². The molecular formula is C19H16Cl2N4O5S.